The molecule has 1 aromatic rings. The van der Waals surface area contributed by atoms with Crippen molar-refractivity contribution >= 4 is 11.6 Å². The summed E-state index contributed by atoms with van der Waals surface area (Å²) in [7, 11) is 0. The molecule has 0 aromatic heterocycles. The lowest BCUT2D eigenvalue weighted by Crippen LogP contribution is -2.45. The Bertz CT molecular complexity index is 352. The third kappa shape index (κ3) is 2.82. The molecule has 0 unspecified atom stereocenters. The van der Waals surface area contributed by atoms with Crippen LogP contribution in [0, 0.1) is 6.92 Å². The number of halogens is 1. The summed E-state index contributed by atoms with van der Waals surface area (Å²) in [5.74, 6) is 0. The second kappa shape index (κ2) is 5.85. The van der Waals surface area contributed by atoms with Crippen LogP contribution in [0.2, 0.25) is 5.02 Å². The van der Waals surface area contributed by atoms with E-state index in [0.717, 1.165) is 37.6 Å². The lowest BCUT2D eigenvalue weighted by Gasteiger charge is -2.35. The molecule has 1 saturated heterocycles. The third-order valence-electron chi connectivity index (χ3n) is 3.58. The number of nitrogens with one attached hydrogen (secondary N) is 1. The van der Waals surface area contributed by atoms with Gasteiger partial charge >= 0.3 is 0 Å². The minimum absolute atomic E-state index is 0.464. The predicted octanol–water partition coefficient (Wildman–Crippen LogP) is 3.00. The summed E-state index contributed by atoms with van der Waals surface area (Å²) < 4.78 is 0. The minimum Gasteiger partial charge on any atom is -0.314 e. The van der Waals surface area contributed by atoms with Gasteiger partial charge in [0, 0.05) is 37.2 Å². The molecule has 1 atom stereocenters. The molecule has 0 aliphatic carbocycles. The van der Waals surface area contributed by atoms with Gasteiger partial charge in [-0.05, 0) is 30.5 Å². The van der Waals surface area contributed by atoms with Crippen LogP contribution in [0.25, 0.3) is 0 Å². The van der Waals surface area contributed by atoms with E-state index in [1.807, 2.05) is 12.1 Å². The van der Waals surface area contributed by atoms with Crippen LogP contribution in [0.3, 0.4) is 0 Å². The summed E-state index contributed by atoms with van der Waals surface area (Å²) in [6.07, 6.45) is 1.12. The topological polar surface area (TPSA) is 15.3 Å². The van der Waals surface area contributed by atoms with Gasteiger partial charge in [0.25, 0.3) is 0 Å². The molecule has 0 radical (unpaired) electrons. The van der Waals surface area contributed by atoms with Crippen LogP contribution in [0.5, 0.6) is 0 Å². The standard InChI is InChI=1S/C14H21ClN2/c1-3-13(17-9-7-16-8-10-17)14-11(2)5-4-6-12(14)15/h4-6,13,16H,3,7-10H2,1-2H3/t13-/m1/s1. The highest BCUT2D eigenvalue weighted by Crippen LogP contribution is 2.32. The molecule has 2 nitrogen and oxygen atoms in total. The van der Waals surface area contributed by atoms with Crippen LogP contribution in [0.15, 0.2) is 18.2 Å². The van der Waals surface area contributed by atoms with E-state index in [2.05, 4.69) is 30.1 Å². The van der Waals surface area contributed by atoms with Crippen molar-refractivity contribution in [2.45, 2.75) is 26.3 Å². The van der Waals surface area contributed by atoms with Crippen LogP contribution in [-0.2, 0) is 0 Å². The molecule has 1 aliphatic heterocycles. The lowest BCUT2D eigenvalue weighted by atomic mass is 9.97. The van der Waals surface area contributed by atoms with Crippen molar-refractivity contribution in [3.63, 3.8) is 0 Å². The largest absolute Gasteiger partial charge is 0.314 e. The number of benzene rings is 1. The zero-order valence-corrected chi connectivity index (χ0v) is 11.4. The first kappa shape index (κ1) is 12.9. The Hall–Kier alpha value is -0.570. The zero-order valence-electron chi connectivity index (χ0n) is 10.7. The smallest absolute Gasteiger partial charge is 0.0456 e. The first-order valence-electron chi connectivity index (χ1n) is 6.43. The fraction of sp³-hybridized carbons (Fsp3) is 0.571. The van der Waals surface area contributed by atoms with Crippen molar-refractivity contribution in [1.82, 2.24) is 10.2 Å². The quantitative estimate of drug-likeness (QED) is 0.890. The molecular weight excluding hydrogens is 232 g/mol. The van der Waals surface area contributed by atoms with Crippen LogP contribution < -0.4 is 5.32 Å². The second-order valence-corrected chi connectivity index (χ2v) is 5.09. The first-order chi connectivity index (χ1) is 8.24. The van der Waals surface area contributed by atoms with E-state index < -0.39 is 0 Å². The van der Waals surface area contributed by atoms with Gasteiger partial charge in [-0.2, -0.15) is 0 Å². The SMILES string of the molecule is CC[C@H](c1c(C)cccc1Cl)N1CCNCC1. The highest BCUT2D eigenvalue weighted by molar-refractivity contribution is 6.31. The molecule has 0 bridgehead atoms. The number of rotatable bonds is 3. The Balaban J connectivity index is 2.27. The maximum absolute atomic E-state index is 6.38. The molecule has 1 aliphatic rings. The predicted molar refractivity (Wildman–Crippen MR) is 73.7 cm³/mol. The van der Waals surface area contributed by atoms with Gasteiger partial charge in [0.15, 0.2) is 0 Å². The van der Waals surface area contributed by atoms with Crippen molar-refractivity contribution in [1.29, 1.82) is 0 Å². The number of hydrogen-bond donors (Lipinski definition) is 1. The van der Waals surface area contributed by atoms with E-state index in [9.17, 15) is 0 Å². The van der Waals surface area contributed by atoms with Gasteiger partial charge < -0.3 is 5.32 Å². The molecular formula is C14H21ClN2. The van der Waals surface area contributed by atoms with Gasteiger partial charge in [0.2, 0.25) is 0 Å². The summed E-state index contributed by atoms with van der Waals surface area (Å²) >= 11 is 6.38. The van der Waals surface area contributed by atoms with Crippen LogP contribution in [-0.4, -0.2) is 31.1 Å². The molecule has 1 N–H and O–H groups in total. The maximum atomic E-state index is 6.38. The second-order valence-electron chi connectivity index (χ2n) is 4.68. The maximum Gasteiger partial charge on any atom is 0.0456 e. The minimum atomic E-state index is 0.464. The average molecular weight is 253 g/mol. The summed E-state index contributed by atoms with van der Waals surface area (Å²) in [5.41, 5.74) is 2.63. The van der Waals surface area contributed by atoms with Crippen molar-refractivity contribution in [2.75, 3.05) is 26.2 Å². The Morgan fingerprint density at radius 1 is 1.35 bits per heavy atom. The van der Waals surface area contributed by atoms with Crippen molar-refractivity contribution in [3.05, 3.63) is 34.3 Å². The zero-order chi connectivity index (χ0) is 12.3. The molecule has 2 rings (SSSR count). The Kier molecular flexibility index (Phi) is 4.43. The van der Waals surface area contributed by atoms with E-state index in [1.54, 1.807) is 0 Å². The molecule has 0 saturated carbocycles. The van der Waals surface area contributed by atoms with E-state index in [0.29, 0.717) is 6.04 Å². The number of aryl methyl sites for hydroxylation is 1. The van der Waals surface area contributed by atoms with Crippen LogP contribution in [0.1, 0.15) is 30.5 Å². The molecule has 3 heteroatoms. The molecule has 0 spiro atoms. The van der Waals surface area contributed by atoms with Crippen LogP contribution in [0.4, 0.5) is 0 Å². The van der Waals surface area contributed by atoms with Crippen molar-refractivity contribution < 1.29 is 0 Å². The average Bonchev–Trinajstić information content (AvgIpc) is 2.35. The Labute approximate surface area is 109 Å². The van der Waals surface area contributed by atoms with E-state index in [1.165, 1.54) is 11.1 Å². The summed E-state index contributed by atoms with van der Waals surface area (Å²) in [6, 6.07) is 6.66. The number of hydrogen-bond acceptors (Lipinski definition) is 2. The highest BCUT2D eigenvalue weighted by Gasteiger charge is 2.23. The summed E-state index contributed by atoms with van der Waals surface area (Å²) in [4.78, 5) is 2.55. The Morgan fingerprint density at radius 3 is 2.65 bits per heavy atom. The van der Waals surface area contributed by atoms with Gasteiger partial charge in [0.1, 0.15) is 0 Å². The number of piperazine rings is 1. The van der Waals surface area contributed by atoms with Gasteiger partial charge in [-0.3, -0.25) is 4.90 Å². The molecule has 1 heterocycles. The summed E-state index contributed by atoms with van der Waals surface area (Å²) in [5, 5.41) is 4.31. The molecule has 0 amide bonds. The monoisotopic (exact) mass is 252 g/mol. The van der Waals surface area contributed by atoms with Gasteiger partial charge in [-0.15, -0.1) is 0 Å². The fourth-order valence-electron chi connectivity index (χ4n) is 2.71. The Morgan fingerprint density at radius 2 is 2.06 bits per heavy atom. The summed E-state index contributed by atoms with van der Waals surface area (Å²) in [6.45, 7) is 8.80. The van der Waals surface area contributed by atoms with E-state index >= 15 is 0 Å². The molecule has 1 aromatic carbocycles. The van der Waals surface area contributed by atoms with Gasteiger partial charge in [-0.1, -0.05) is 30.7 Å². The number of nitrogens with zero attached hydrogens (tertiary/aromatic N) is 1. The molecule has 94 valence electrons. The van der Waals surface area contributed by atoms with Gasteiger partial charge in [0.05, 0.1) is 0 Å². The molecule has 1 fully saturated rings. The normalized spacial score (nSPS) is 19.2. The third-order valence-corrected chi connectivity index (χ3v) is 3.91. The van der Waals surface area contributed by atoms with Crippen LogP contribution >= 0.6 is 11.6 Å². The lowest BCUT2D eigenvalue weighted by molar-refractivity contribution is 0.169. The van der Waals surface area contributed by atoms with Gasteiger partial charge in [-0.25, -0.2) is 0 Å². The van der Waals surface area contributed by atoms with Crippen molar-refractivity contribution in [2.24, 2.45) is 0 Å². The van der Waals surface area contributed by atoms with E-state index in [4.69, 9.17) is 11.6 Å². The molecule has 17 heavy (non-hydrogen) atoms. The highest BCUT2D eigenvalue weighted by atomic mass is 35.5. The van der Waals surface area contributed by atoms with Crippen molar-refractivity contribution in [3.8, 4) is 0 Å². The van der Waals surface area contributed by atoms with E-state index in [-0.39, 0.29) is 0 Å². The first-order valence-corrected chi connectivity index (χ1v) is 6.81. The fourth-order valence-corrected chi connectivity index (χ4v) is 3.05.